The van der Waals surface area contributed by atoms with Gasteiger partial charge in [-0.1, -0.05) is 18.5 Å². The molecule has 0 amide bonds. The summed E-state index contributed by atoms with van der Waals surface area (Å²) in [6.07, 6.45) is 6.63. The van der Waals surface area contributed by atoms with Crippen LogP contribution in [0.25, 0.3) is 11.6 Å². The van der Waals surface area contributed by atoms with Crippen LogP contribution in [-0.4, -0.2) is 26.2 Å². The van der Waals surface area contributed by atoms with Gasteiger partial charge in [0.05, 0.1) is 6.33 Å². The van der Waals surface area contributed by atoms with Crippen LogP contribution in [-0.2, 0) is 13.0 Å². The highest BCUT2D eigenvalue weighted by molar-refractivity contribution is 5.44. The average molecular weight is 235 g/mol. The van der Waals surface area contributed by atoms with Gasteiger partial charge in [-0.15, -0.1) is 0 Å². The summed E-state index contributed by atoms with van der Waals surface area (Å²) in [5.41, 5.74) is 6.17. The molecule has 0 fully saturated rings. The van der Waals surface area contributed by atoms with Crippen LogP contribution in [0.4, 0.5) is 0 Å². The molecule has 2 N–H and O–H groups in total. The molecular weight excluding hydrogens is 218 g/mol. The first-order valence-corrected chi connectivity index (χ1v) is 5.88. The van der Waals surface area contributed by atoms with Gasteiger partial charge in [0.1, 0.15) is 5.69 Å². The molecule has 0 radical (unpaired) electrons. The van der Waals surface area contributed by atoms with Crippen molar-refractivity contribution in [3.05, 3.63) is 18.3 Å². The van der Waals surface area contributed by atoms with Crippen LogP contribution in [0.5, 0.6) is 0 Å². The van der Waals surface area contributed by atoms with Crippen molar-refractivity contribution < 1.29 is 4.52 Å². The molecule has 6 nitrogen and oxygen atoms in total. The zero-order chi connectivity index (χ0) is 12.1. The highest BCUT2D eigenvalue weighted by Crippen LogP contribution is 2.14. The number of imidazole rings is 1. The summed E-state index contributed by atoms with van der Waals surface area (Å²) in [4.78, 5) is 8.52. The summed E-state index contributed by atoms with van der Waals surface area (Å²) in [5.74, 6) is 1.22. The minimum absolute atomic E-state index is 0.479. The summed E-state index contributed by atoms with van der Waals surface area (Å²) in [5, 5.41) is 3.93. The first kappa shape index (κ1) is 11.8. The predicted octanol–water partition coefficient (Wildman–Crippen LogP) is 1.23. The highest BCUT2D eigenvalue weighted by Gasteiger charge is 2.10. The van der Waals surface area contributed by atoms with E-state index in [4.69, 9.17) is 10.3 Å². The van der Waals surface area contributed by atoms with Gasteiger partial charge in [-0.05, 0) is 6.42 Å². The summed E-state index contributed by atoms with van der Waals surface area (Å²) >= 11 is 0. The molecule has 0 bridgehead atoms. The van der Waals surface area contributed by atoms with E-state index in [9.17, 15) is 0 Å². The minimum atomic E-state index is 0.479. The minimum Gasteiger partial charge on any atom is -0.335 e. The van der Waals surface area contributed by atoms with Crippen molar-refractivity contribution in [1.29, 1.82) is 0 Å². The van der Waals surface area contributed by atoms with Crippen molar-refractivity contribution in [3.8, 4) is 11.6 Å². The number of hydrogen-bond acceptors (Lipinski definition) is 5. The number of aromatic nitrogens is 4. The van der Waals surface area contributed by atoms with E-state index < -0.39 is 0 Å². The van der Waals surface area contributed by atoms with Crippen LogP contribution >= 0.6 is 0 Å². The van der Waals surface area contributed by atoms with Gasteiger partial charge >= 0.3 is 0 Å². The molecular formula is C11H17N5O. The molecule has 6 heteroatoms. The summed E-state index contributed by atoms with van der Waals surface area (Å²) in [6.45, 7) is 3.46. The SMILES string of the molecule is CCCCc1noc(-c2cn(CCN)cn2)n1. The molecule has 17 heavy (non-hydrogen) atoms. The lowest BCUT2D eigenvalue weighted by Gasteiger charge is -1.94. The van der Waals surface area contributed by atoms with Crippen molar-refractivity contribution in [2.75, 3.05) is 6.54 Å². The Morgan fingerprint density at radius 2 is 2.35 bits per heavy atom. The summed E-state index contributed by atoms with van der Waals surface area (Å²) in [6, 6.07) is 0. The number of unbranched alkanes of at least 4 members (excludes halogenated alkanes) is 1. The molecule has 0 spiro atoms. The topological polar surface area (TPSA) is 82.8 Å². The average Bonchev–Trinajstić information content (AvgIpc) is 2.95. The van der Waals surface area contributed by atoms with Crippen LogP contribution in [0.1, 0.15) is 25.6 Å². The zero-order valence-electron chi connectivity index (χ0n) is 9.96. The Balaban J connectivity index is 2.07. The van der Waals surface area contributed by atoms with Crippen molar-refractivity contribution in [2.45, 2.75) is 32.7 Å². The van der Waals surface area contributed by atoms with E-state index in [1.165, 1.54) is 0 Å². The third-order valence-corrected chi connectivity index (χ3v) is 2.46. The number of nitrogens with zero attached hydrogens (tertiary/aromatic N) is 4. The zero-order valence-corrected chi connectivity index (χ0v) is 9.96. The van der Waals surface area contributed by atoms with E-state index in [2.05, 4.69) is 22.0 Å². The fourth-order valence-corrected chi connectivity index (χ4v) is 1.54. The maximum Gasteiger partial charge on any atom is 0.278 e. The van der Waals surface area contributed by atoms with E-state index in [1.54, 1.807) is 6.33 Å². The lowest BCUT2D eigenvalue weighted by molar-refractivity contribution is 0.420. The predicted molar refractivity (Wildman–Crippen MR) is 63.2 cm³/mol. The van der Waals surface area contributed by atoms with Crippen LogP contribution in [0.15, 0.2) is 17.0 Å². The van der Waals surface area contributed by atoms with Gasteiger partial charge in [-0.25, -0.2) is 4.98 Å². The summed E-state index contributed by atoms with van der Waals surface area (Å²) in [7, 11) is 0. The molecule has 2 aromatic heterocycles. The van der Waals surface area contributed by atoms with Gasteiger partial charge in [-0.2, -0.15) is 4.98 Å². The Bertz CT molecular complexity index is 462. The van der Waals surface area contributed by atoms with Gasteiger partial charge in [0, 0.05) is 25.7 Å². The Morgan fingerprint density at radius 1 is 1.47 bits per heavy atom. The fraction of sp³-hybridized carbons (Fsp3) is 0.545. The van der Waals surface area contributed by atoms with Crippen LogP contribution in [0.2, 0.25) is 0 Å². The molecule has 2 aromatic rings. The normalized spacial score (nSPS) is 10.9. The standard InChI is InChI=1S/C11H17N5O/c1-2-3-4-10-14-11(17-15-10)9-7-16(6-5-12)8-13-9/h7-8H,2-6,12H2,1H3. The van der Waals surface area contributed by atoms with Crippen molar-refractivity contribution in [3.63, 3.8) is 0 Å². The van der Waals surface area contributed by atoms with Crippen LogP contribution < -0.4 is 5.73 Å². The van der Waals surface area contributed by atoms with Gasteiger partial charge in [0.2, 0.25) is 0 Å². The first-order valence-electron chi connectivity index (χ1n) is 5.88. The molecule has 0 unspecified atom stereocenters. The van der Waals surface area contributed by atoms with Gasteiger partial charge in [-0.3, -0.25) is 0 Å². The molecule has 92 valence electrons. The number of aryl methyl sites for hydroxylation is 1. The molecule has 0 saturated carbocycles. The first-order chi connectivity index (χ1) is 8.33. The number of nitrogens with two attached hydrogens (primary N) is 1. The van der Waals surface area contributed by atoms with E-state index in [-0.39, 0.29) is 0 Å². The Morgan fingerprint density at radius 3 is 3.12 bits per heavy atom. The Kier molecular flexibility index (Phi) is 3.87. The molecule has 0 saturated heterocycles. The Hall–Kier alpha value is -1.69. The van der Waals surface area contributed by atoms with E-state index in [0.717, 1.165) is 31.6 Å². The van der Waals surface area contributed by atoms with E-state index >= 15 is 0 Å². The maximum absolute atomic E-state index is 5.47. The van der Waals surface area contributed by atoms with E-state index in [1.807, 2.05) is 10.8 Å². The van der Waals surface area contributed by atoms with Gasteiger partial charge in [0.15, 0.2) is 5.82 Å². The van der Waals surface area contributed by atoms with Crippen molar-refractivity contribution in [1.82, 2.24) is 19.7 Å². The van der Waals surface area contributed by atoms with Crippen LogP contribution in [0.3, 0.4) is 0 Å². The van der Waals surface area contributed by atoms with Gasteiger partial charge in [0.25, 0.3) is 5.89 Å². The molecule has 0 aliphatic heterocycles. The Labute approximate surface area is 99.8 Å². The number of hydrogen-bond donors (Lipinski definition) is 1. The third-order valence-electron chi connectivity index (χ3n) is 2.46. The molecule has 0 aliphatic rings. The lowest BCUT2D eigenvalue weighted by Crippen LogP contribution is -2.07. The molecule has 0 aliphatic carbocycles. The third kappa shape index (κ3) is 2.91. The van der Waals surface area contributed by atoms with Crippen molar-refractivity contribution >= 4 is 0 Å². The summed E-state index contributed by atoms with van der Waals surface area (Å²) < 4.78 is 7.08. The maximum atomic E-state index is 5.47. The highest BCUT2D eigenvalue weighted by atomic mass is 16.5. The molecule has 0 aromatic carbocycles. The molecule has 2 heterocycles. The molecule has 2 rings (SSSR count). The van der Waals surface area contributed by atoms with Crippen molar-refractivity contribution in [2.24, 2.45) is 5.73 Å². The number of rotatable bonds is 6. The fourth-order valence-electron chi connectivity index (χ4n) is 1.54. The monoisotopic (exact) mass is 235 g/mol. The van der Waals surface area contributed by atoms with E-state index in [0.29, 0.717) is 18.1 Å². The largest absolute Gasteiger partial charge is 0.335 e. The smallest absolute Gasteiger partial charge is 0.278 e. The van der Waals surface area contributed by atoms with Gasteiger partial charge < -0.3 is 14.8 Å². The molecule has 0 atom stereocenters. The quantitative estimate of drug-likeness (QED) is 0.814. The van der Waals surface area contributed by atoms with Crippen LogP contribution in [0, 0.1) is 0 Å². The second-order valence-corrected chi connectivity index (χ2v) is 3.90. The lowest BCUT2D eigenvalue weighted by atomic mass is 10.2. The second kappa shape index (κ2) is 5.58. The second-order valence-electron chi connectivity index (χ2n) is 3.90.